The Morgan fingerprint density at radius 3 is 2.71 bits per heavy atom. The van der Waals surface area contributed by atoms with Crippen molar-refractivity contribution in [3.63, 3.8) is 0 Å². The van der Waals surface area contributed by atoms with E-state index in [9.17, 15) is 5.11 Å². The third-order valence-electron chi connectivity index (χ3n) is 3.58. The summed E-state index contributed by atoms with van der Waals surface area (Å²) in [6, 6.07) is 6.36. The Morgan fingerprint density at radius 1 is 1.18 bits per heavy atom. The molecule has 1 aromatic rings. The van der Waals surface area contributed by atoms with Gasteiger partial charge in [-0.1, -0.05) is 6.07 Å². The van der Waals surface area contributed by atoms with Crippen LogP contribution in [0.3, 0.4) is 0 Å². The van der Waals surface area contributed by atoms with E-state index in [4.69, 9.17) is 0 Å². The van der Waals surface area contributed by atoms with Crippen LogP contribution in [0, 0.1) is 6.92 Å². The Hall–Kier alpha value is -1.06. The molecule has 1 aliphatic heterocycles. The normalized spacial score (nSPS) is 18.2. The number of aliphatic hydroxyl groups is 1. The van der Waals surface area contributed by atoms with Gasteiger partial charge in [0.05, 0.1) is 6.61 Å². The van der Waals surface area contributed by atoms with Crippen molar-refractivity contribution in [3.05, 3.63) is 29.3 Å². The van der Waals surface area contributed by atoms with Crippen molar-refractivity contribution in [3.8, 4) is 0 Å². The first-order valence-electron chi connectivity index (χ1n) is 6.34. The second-order valence-electron chi connectivity index (χ2n) is 4.91. The third-order valence-corrected chi connectivity index (χ3v) is 3.58. The zero-order chi connectivity index (χ0) is 12.3. The first-order valence-corrected chi connectivity index (χ1v) is 6.34. The van der Waals surface area contributed by atoms with Gasteiger partial charge in [0.1, 0.15) is 0 Å². The molecule has 3 nitrogen and oxygen atoms in total. The van der Waals surface area contributed by atoms with Crippen molar-refractivity contribution in [2.75, 3.05) is 38.1 Å². The van der Waals surface area contributed by atoms with Crippen molar-refractivity contribution in [2.45, 2.75) is 20.0 Å². The number of hydrogen-bond donors (Lipinski definition) is 1. The van der Waals surface area contributed by atoms with E-state index in [-0.39, 0.29) is 6.61 Å². The Balaban J connectivity index is 2.13. The van der Waals surface area contributed by atoms with E-state index in [1.54, 1.807) is 0 Å². The molecule has 3 heteroatoms. The third kappa shape index (κ3) is 2.99. The van der Waals surface area contributed by atoms with Gasteiger partial charge in [0.15, 0.2) is 0 Å². The number of likely N-dealkylation sites (N-methyl/N-ethyl adjacent to an activating group) is 1. The van der Waals surface area contributed by atoms with Gasteiger partial charge in [-0.3, -0.25) is 0 Å². The number of aliphatic hydroxyl groups excluding tert-OH is 1. The zero-order valence-electron chi connectivity index (χ0n) is 10.8. The highest BCUT2D eigenvalue weighted by atomic mass is 16.3. The maximum absolute atomic E-state index is 9.18. The minimum Gasteiger partial charge on any atom is -0.392 e. The van der Waals surface area contributed by atoms with Crippen molar-refractivity contribution in [1.29, 1.82) is 0 Å². The lowest BCUT2D eigenvalue weighted by Crippen LogP contribution is -2.28. The van der Waals surface area contributed by atoms with Crippen LogP contribution in [0.15, 0.2) is 18.2 Å². The zero-order valence-corrected chi connectivity index (χ0v) is 10.8. The molecule has 1 fully saturated rings. The van der Waals surface area contributed by atoms with Gasteiger partial charge in [0, 0.05) is 25.3 Å². The number of hydrogen-bond acceptors (Lipinski definition) is 3. The molecule has 0 amide bonds. The first kappa shape index (κ1) is 12.4. The van der Waals surface area contributed by atoms with Crippen molar-refractivity contribution in [2.24, 2.45) is 0 Å². The van der Waals surface area contributed by atoms with Gasteiger partial charge in [-0.15, -0.1) is 0 Å². The molecule has 0 spiro atoms. The van der Waals surface area contributed by atoms with Crippen LogP contribution in [0.1, 0.15) is 17.5 Å². The molecule has 0 atom stereocenters. The minimum absolute atomic E-state index is 0.134. The number of anilines is 1. The highest BCUT2D eigenvalue weighted by molar-refractivity contribution is 5.50. The topological polar surface area (TPSA) is 26.7 Å². The van der Waals surface area contributed by atoms with Gasteiger partial charge >= 0.3 is 0 Å². The highest BCUT2D eigenvalue weighted by Gasteiger charge is 2.13. The van der Waals surface area contributed by atoms with Crippen LogP contribution >= 0.6 is 0 Å². The summed E-state index contributed by atoms with van der Waals surface area (Å²) >= 11 is 0. The summed E-state index contributed by atoms with van der Waals surface area (Å²) in [4.78, 5) is 4.83. The van der Waals surface area contributed by atoms with Gasteiger partial charge < -0.3 is 14.9 Å². The van der Waals surface area contributed by atoms with E-state index in [1.165, 1.54) is 24.2 Å². The number of benzene rings is 1. The summed E-state index contributed by atoms with van der Waals surface area (Å²) in [5.41, 5.74) is 3.50. The van der Waals surface area contributed by atoms with Gasteiger partial charge in [-0.2, -0.15) is 0 Å². The molecule has 0 bridgehead atoms. The molecule has 17 heavy (non-hydrogen) atoms. The molecule has 1 aromatic carbocycles. The molecule has 1 saturated heterocycles. The highest BCUT2D eigenvalue weighted by Crippen LogP contribution is 2.20. The van der Waals surface area contributed by atoms with E-state index < -0.39 is 0 Å². The molecular weight excluding hydrogens is 212 g/mol. The molecule has 0 radical (unpaired) electrons. The summed E-state index contributed by atoms with van der Waals surface area (Å²) in [7, 11) is 2.18. The summed E-state index contributed by atoms with van der Waals surface area (Å²) < 4.78 is 0. The number of aryl methyl sites for hydroxylation is 1. The Labute approximate surface area is 104 Å². The van der Waals surface area contributed by atoms with E-state index in [1.807, 2.05) is 6.07 Å². The van der Waals surface area contributed by atoms with E-state index in [2.05, 4.69) is 35.9 Å². The monoisotopic (exact) mass is 234 g/mol. The van der Waals surface area contributed by atoms with Crippen molar-refractivity contribution < 1.29 is 5.11 Å². The van der Waals surface area contributed by atoms with Crippen LogP contribution in [0.2, 0.25) is 0 Å². The fourth-order valence-corrected chi connectivity index (χ4v) is 2.36. The van der Waals surface area contributed by atoms with E-state index >= 15 is 0 Å². The maximum Gasteiger partial charge on any atom is 0.0684 e. The first-order chi connectivity index (χ1) is 8.20. The molecule has 0 aromatic heterocycles. The predicted octanol–water partition coefficient (Wildman–Crippen LogP) is 1.63. The average Bonchev–Trinajstić information content (AvgIpc) is 2.54. The molecular formula is C14H22N2O. The molecule has 0 saturated carbocycles. The number of rotatable bonds is 2. The summed E-state index contributed by atoms with van der Waals surface area (Å²) in [5.74, 6) is 0. The van der Waals surface area contributed by atoms with E-state index in [0.717, 1.165) is 25.2 Å². The average molecular weight is 234 g/mol. The van der Waals surface area contributed by atoms with Gasteiger partial charge in [0.2, 0.25) is 0 Å². The molecule has 1 aliphatic rings. The molecule has 94 valence electrons. The minimum atomic E-state index is 0.134. The van der Waals surface area contributed by atoms with Gasteiger partial charge in [0.25, 0.3) is 0 Å². The molecule has 1 heterocycles. The Kier molecular flexibility index (Phi) is 4.02. The van der Waals surface area contributed by atoms with Crippen molar-refractivity contribution in [1.82, 2.24) is 4.90 Å². The van der Waals surface area contributed by atoms with Crippen LogP contribution in [-0.2, 0) is 6.61 Å². The maximum atomic E-state index is 9.18. The summed E-state index contributed by atoms with van der Waals surface area (Å²) in [6.07, 6.45) is 1.22. The standard InChI is InChI=1S/C14H22N2O/c1-12-10-14(5-4-13(12)11-17)16-7-3-6-15(2)8-9-16/h4-5,10,17H,3,6-9,11H2,1-2H3. The second-order valence-corrected chi connectivity index (χ2v) is 4.91. The van der Waals surface area contributed by atoms with Gasteiger partial charge in [-0.25, -0.2) is 0 Å². The molecule has 1 N–H and O–H groups in total. The van der Waals surface area contributed by atoms with Crippen LogP contribution < -0.4 is 4.90 Å². The SMILES string of the molecule is Cc1cc(N2CCCN(C)CC2)ccc1CO. The van der Waals surface area contributed by atoms with Crippen LogP contribution in [0.4, 0.5) is 5.69 Å². The lowest BCUT2D eigenvalue weighted by molar-refractivity contribution is 0.281. The Morgan fingerprint density at radius 2 is 2.00 bits per heavy atom. The van der Waals surface area contributed by atoms with Gasteiger partial charge in [-0.05, 0) is 50.2 Å². The largest absolute Gasteiger partial charge is 0.392 e. The Bertz CT molecular complexity index is 378. The molecule has 0 aliphatic carbocycles. The quantitative estimate of drug-likeness (QED) is 0.842. The van der Waals surface area contributed by atoms with Crippen LogP contribution in [-0.4, -0.2) is 43.2 Å². The fraction of sp³-hybridized carbons (Fsp3) is 0.571. The van der Waals surface area contributed by atoms with Crippen LogP contribution in [0.25, 0.3) is 0 Å². The smallest absolute Gasteiger partial charge is 0.0684 e. The van der Waals surface area contributed by atoms with Crippen molar-refractivity contribution >= 4 is 5.69 Å². The van der Waals surface area contributed by atoms with Crippen LogP contribution in [0.5, 0.6) is 0 Å². The summed E-state index contributed by atoms with van der Waals surface area (Å²) in [6.45, 7) is 6.73. The fourth-order valence-electron chi connectivity index (χ4n) is 2.36. The van der Waals surface area contributed by atoms with E-state index in [0.29, 0.717) is 0 Å². The molecule has 0 unspecified atom stereocenters. The second kappa shape index (κ2) is 5.52. The molecule has 2 rings (SSSR count). The predicted molar refractivity (Wildman–Crippen MR) is 71.4 cm³/mol. The number of nitrogens with zero attached hydrogens (tertiary/aromatic N) is 2. The lowest BCUT2D eigenvalue weighted by Gasteiger charge is -2.23. The summed E-state index contributed by atoms with van der Waals surface area (Å²) in [5, 5.41) is 9.18. The lowest BCUT2D eigenvalue weighted by atomic mass is 10.1.